The number of aromatic hydroxyl groups is 2. The third-order valence-electron chi connectivity index (χ3n) is 5.55. The first-order valence-electron chi connectivity index (χ1n) is 11.0. The molecular formula is C25H24O11. The van der Waals surface area contributed by atoms with Crippen LogP contribution in [0.15, 0.2) is 51.7 Å². The molecule has 3 aromatic rings. The zero-order valence-electron chi connectivity index (χ0n) is 19.5. The lowest BCUT2D eigenvalue weighted by Crippen LogP contribution is -2.61. The van der Waals surface area contributed by atoms with Crippen LogP contribution in [0.4, 0.5) is 0 Å². The van der Waals surface area contributed by atoms with E-state index in [9.17, 15) is 29.7 Å². The van der Waals surface area contributed by atoms with Crippen LogP contribution >= 0.6 is 0 Å². The van der Waals surface area contributed by atoms with E-state index in [1.54, 1.807) is 0 Å². The van der Waals surface area contributed by atoms with Gasteiger partial charge in [0.1, 0.15) is 17.1 Å². The highest BCUT2D eigenvalue weighted by molar-refractivity contribution is 5.83. The van der Waals surface area contributed by atoms with Gasteiger partial charge in [0.05, 0.1) is 11.5 Å². The maximum atomic E-state index is 13.4. The van der Waals surface area contributed by atoms with Crippen molar-refractivity contribution in [1.82, 2.24) is 0 Å². The van der Waals surface area contributed by atoms with Crippen LogP contribution in [0.3, 0.4) is 0 Å². The maximum absolute atomic E-state index is 13.4. The second kappa shape index (κ2) is 9.88. The average Bonchev–Trinajstić information content (AvgIpc) is 2.81. The van der Waals surface area contributed by atoms with Crippen molar-refractivity contribution < 1.29 is 48.3 Å². The highest BCUT2D eigenvalue weighted by atomic mass is 16.7. The predicted octanol–water partition coefficient (Wildman–Crippen LogP) is 2.22. The Morgan fingerprint density at radius 2 is 1.53 bits per heavy atom. The molecule has 0 spiro atoms. The third-order valence-corrected chi connectivity index (χ3v) is 5.55. The standard InChI is InChI=1S/C25H24O11/c1-11-21(33-12(2)26)24(34-13(3)27)20(31)25(32-11)36-23-19(30)17-9-8-16(29)10-18(17)35-22(23)14-4-6-15(28)7-5-14/h4-11,20-21,24-25,28-29,31H,1-3H3/t11-,20+,21-,24-,25-/m0/s1. The summed E-state index contributed by atoms with van der Waals surface area (Å²) in [6.07, 6.45) is -6.55. The fourth-order valence-corrected chi connectivity index (χ4v) is 3.96. The van der Waals surface area contributed by atoms with Crippen molar-refractivity contribution in [3.8, 4) is 28.6 Å². The molecule has 11 heteroatoms. The van der Waals surface area contributed by atoms with Crippen molar-refractivity contribution in [2.24, 2.45) is 0 Å². The quantitative estimate of drug-likeness (QED) is 0.440. The molecule has 0 bridgehead atoms. The Labute approximate surface area is 204 Å². The van der Waals surface area contributed by atoms with Gasteiger partial charge in [-0.15, -0.1) is 0 Å². The lowest BCUT2D eigenvalue weighted by Gasteiger charge is -2.41. The van der Waals surface area contributed by atoms with Gasteiger partial charge < -0.3 is 38.7 Å². The summed E-state index contributed by atoms with van der Waals surface area (Å²) >= 11 is 0. The van der Waals surface area contributed by atoms with Crippen molar-refractivity contribution in [2.45, 2.75) is 51.5 Å². The molecule has 0 amide bonds. The molecule has 5 atom stereocenters. The molecule has 11 nitrogen and oxygen atoms in total. The second-order valence-electron chi connectivity index (χ2n) is 8.28. The van der Waals surface area contributed by atoms with Crippen LogP contribution in [-0.2, 0) is 23.8 Å². The van der Waals surface area contributed by atoms with Crippen molar-refractivity contribution >= 4 is 22.9 Å². The molecule has 0 aliphatic carbocycles. The van der Waals surface area contributed by atoms with Gasteiger partial charge in [0.2, 0.25) is 17.5 Å². The molecule has 2 heterocycles. The minimum Gasteiger partial charge on any atom is -0.508 e. The maximum Gasteiger partial charge on any atom is 0.303 e. The first kappa shape index (κ1) is 25.0. The number of benzene rings is 2. The van der Waals surface area contributed by atoms with E-state index in [0.29, 0.717) is 5.56 Å². The van der Waals surface area contributed by atoms with E-state index < -0.39 is 48.1 Å². The van der Waals surface area contributed by atoms with E-state index in [1.165, 1.54) is 49.4 Å². The number of aliphatic hydroxyl groups excluding tert-OH is 1. The summed E-state index contributed by atoms with van der Waals surface area (Å²) in [5.41, 5.74) is -0.214. The molecule has 3 N–H and O–H groups in total. The van der Waals surface area contributed by atoms with E-state index in [-0.39, 0.29) is 34.0 Å². The molecule has 1 saturated heterocycles. The van der Waals surface area contributed by atoms with Crippen LogP contribution in [0.1, 0.15) is 20.8 Å². The number of hydrogen-bond acceptors (Lipinski definition) is 11. The number of ether oxygens (including phenoxy) is 4. The van der Waals surface area contributed by atoms with Crippen LogP contribution < -0.4 is 10.2 Å². The number of carbonyl (C=O) groups excluding carboxylic acids is 2. The van der Waals surface area contributed by atoms with Crippen molar-refractivity contribution in [1.29, 1.82) is 0 Å². The van der Waals surface area contributed by atoms with E-state index in [0.717, 1.165) is 13.8 Å². The summed E-state index contributed by atoms with van der Waals surface area (Å²) in [5, 5.41) is 30.5. The van der Waals surface area contributed by atoms with Gasteiger partial charge in [0.25, 0.3) is 0 Å². The zero-order valence-corrected chi connectivity index (χ0v) is 19.5. The topological polar surface area (TPSA) is 162 Å². The van der Waals surface area contributed by atoms with E-state index in [1.807, 2.05) is 0 Å². The van der Waals surface area contributed by atoms with Crippen LogP contribution in [0.25, 0.3) is 22.3 Å². The summed E-state index contributed by atoms with van der Waals surface area (Å²) in [6, 6.07) is 9.63. The summed E-state index contributed by atoms with van der Waals surface area (Å²) in [5.74, 6) is -1.96. The van der Waals surface area contributed by atoms with Crippen LogP contribution in [-0.4, -0.2) is 58.0 Å². The number of esters is 2. The van der Waals surface area contributed by atoms with E-state index in [4.69, 9.17) is 23.4 Å². The molecule has 0 radical (unpaired) electrons. The molecule has 1 aliphatic rings. The largest absolute Gasteiger partial charge is 0.508 e. The first-order chi connectivity index (χ1) is 17.0. The van der Waals surface area contributed by atoms with Gasteiger partial charge >= 0.3 is 11.9 Å². The van der Waals surface area contributed by atoms with Crippen molar-refractivity contribution in [3.05, 3.63) is 52.7 Å². The zero-order chi connectivity index (χ0) is 26.1. The lowest BCUT2D eigenvalue weighted by atomic mass is 9.99. The number of carbonyl (C=O) groups is 2. The van der Waals surface area contributed by atoms with Gasteiger partial charge in [0, 0.05) is 25.5 Å². The van der Waals surface area contributed by atoms with Gasteiger partial charge in [-0.3, -0.25) is 14.4 Å². The minimum absolute atomic E-state index is 0.0254. The third kappa shape index (κ3) is 4.97. The molecule has 36 heavy (non-hydrogen) atoms. The Bertz CT molecular complexity index is 1340. The highest BCUT2D eigenvalue weighted by Crippen LogP contribution is 2.35. The van der Waals surface area contributed by atoms with E-state index >= 15 is 0 Å². The highest BCUT2D eigenvalue weighted by Gasteiger charge is 2.49. The SMILES string of the molecule is CC(=O)O[C@@H]1[C@@H](OC(C)=O)[C@@H](O)[C@H](Oc2c(-c3ccc(O)cc3)oc3cc(O)ccc3c2=O)O[C@H]1C. The van der Waals surface area contributed by atoms with Crippen LogP contribution in [0.5, 0.6) is 17.2 Å². The normalized spacial score (nSPS) is 23.7. The molecular weight excluding hydrogens is 476 g/mol. The van der Waals surface area contributed by atoms with Gasteiger partial charge in [-0.2, -0.15) is 0 Å². The average molecular weight is 500 g/mol. The number of hydrogen-bond donors (Lipinski definition) is 3. The number of fused-ring (bicyclic) bond motifs is 1. The fraction of sp³-hybridized carbons (Fsp3) is 0.320. The monoisotopic (exact) mass is 500 g/mol. The molecule has 0 unspecified atom stereocenters. The smallest absolute Gasteiger partial charge is 0.303 e. The predicted molar refractivity (Wildman–Crippen MR) is 123 cm³/mol. The van der Waals surface area contributed by atoms with Gasteiger partial charge in [-0.1, -0.05) is 0 Å². The Kier molecular flexibility index (Phi) is 6.86. The van der Waals surface area contributed by atoms with Gasteiger partial charge in [-0.25, -0.2) is 0 Å². The fourth-order valence-electron chi connectivity index (χ4n) is 3.96. The Balaban J connectivity index is 1.79. The van der Waals surface area contributed by atoms with Gasteiger partial charge in [-0.05, 0) is 43.3 Å². The summed E-state index contributed by atoms with van der Waals surface area (Å²) in [6.45, 7) is 3.82. The Hall–Kier alpha value is -4.09. The molecule has 1 aromatic heterocycles. The van der Waals surface area contributed by atoms with Crippen LogP contribution in [0, 0.1) is 0 Å². The first-order valence-corrected chi connectivity index (χ1v) is 11.0. The molecule has 190 valence electrons. The van der Waals surface area contributed by atoms with E-state index in [2.05, 4.69) is 0 Å². The number of rotatable bonds is 5. The molecule has 1 aliphatic heterocycles. The Morgan fingerprint density at radius 1 is 0.917 bits per heavy atom. The lowest BCUT2D eigenvalue weighted by molar-refractivity contribution is -0.276. The summed E-state index contributed by atoms with van der Waals surface area (Å²) in [7, 11) is 0. The molecule has 4 rings (SSSR count). The minimum atomic E-state index is -1.66. The Morgan fingerprint density at radius 3 is 2.17 bits per heavy atom. The summed E-state index contributed by atoms with van der Waals surface area (Å²) < 4.78 is 27.9. The van der Waals surface area contributed by atoms with Crippen molar-refractivity contribution in [2.75, 3.05) is 0 Å². The summed E-state index contributed by atoms with van der Waals surface area (Å²) in [4.78, 5) is 36.7. The molecule has 1 fully saturated rings. The number of phenolic OH excluding ortho intramolecular Hbond substituents is 2. The number of aliphatic hydroxyl groups is 1. The second-order valence-corrected chi connectivity index (χ2v) is 8.28. The molecule has 2 aromatic carbocycles. The number of phenols is 2. The van der Waals surface area contributed by atoms with Crippen molar-refractivity contribution in [3.63, 3.8) is 0 Å². The molecule has 0 saturated carbocycles. The van der Waals surface area contributed by atoms with Crippen LogP contribution in [0.2, 0.25) is 0 Å². The van der Waals surface area contributed by atoms with Gasteiger partial charge in [0.15, 0.2) is 24.1 Å².